The van der Waals surface area contributed by atoms with E-state index in [0.717, 1.165) is 11.3 Å². The van der Waals surface area contributed by atoms with E-state index >= 15 is 0 Å². The van der Waals surface area contributed by atoms with Crippen molar-refractivity contribution >= 4 is 28.9 Å². The van der Waals surface area contributed by atoms with Crippen LogP contribution < -0.4 is 16.4 Å². The van der Waals surface area contributed by atoms with Gasteiger partial charge in [-0.3, -0.25) is 4.79 Å². The Morgan fingerprint density at radius 2 is 2.00 bits per heavy atom. The van der Waals surface area contributed by atoms with Gasteiger partial charge in [0.1, 0.15) is 16.8 Å². The van der Waals surface area contributed by atoms with E-state index in [1.807, 2.05) is 19.9 Å². The molecule has 1 heterocycles. The maximum atomic E-state index is 12.0. The van der Waals surface area contributed by atoms with Crippen LogP contribution in [0.25, 0.3) is 0 Å². The molecule has 4 N–H and O–H groups in total. The van der Waals surface area contributed by atoms with Crippen molar-refractivity contribution in [3.05, 3.63) is 22.9 Å². The summed E-state index contributed by atoms with van der Waals surface area (Å²) in [4.78, 5) is 16.7. The number of nitrogens with one attached hydrogen (secondary N) is 2. The highest BCUT2D eigenvalue weighted by Crippen LogP contribution is 2.19. The molecule has 0 aliphatic carbocycles. The number of aryl methyl sites for hydroxylation is 2. The largest absolute Gasteiger partial charge is 0.389 e. The van der Waals surface area contributed by atoms with E-state index in [1.165, 1.54) is 0 Å². The first-order valence-electron chi connectivity index (χ1n) is 7.04. The topological polar surface area (TPSA) is 80.0 Å². The van der Waals surface area contributed by atoms with Crippen molar-refractivity contribution in [2.24, 2.45) is 11.7 Å². The summed E-state index contributed by atoms with van der Waals surface area (Å²) in [7, 11) is 0. The minimum atomic E-state index is -0.412. The molecule has 0 aliphatic rings. The van der Waals surface area contributed by atoms with Crippen LogP contribution in [0, 0.1) is 19.8 Å². The molecule has 1 rings (SSSR count). The molecule has 1 amide bonds. The first-order valence-corrected chi connectivity index (χ1v) is 7.45. The summed E-state index contributed by atoms with van der Waals surface area (Å²) in [5, 5.41) is 5.99. The summed E-state index contributed by atoms with van der Waals surface area (Å²) < 4.78 is 0. The molecule has 1 atom stereocenters. The van der Waals surface area contributed by atoms with Crippen LogP contribution in [0.15, 0.2) is 6.07 Å². The molecule has 0 saturated heterocycles. The lowest BCUT2D eigenvalue weighted by molar-refractivity contribution is -0.121. The van der Waals surface area contributed by atoms with Gasteiger partial charge in [-0.1, -0.05) is 26.1 Å². The molecule has 21 heavy (non-hydrogen) atoms. The molecule has 1 aromatic heterocycles. The summed E-state index contributed by atoms with van der Waals surface area (Å²) >= 11 is 5.08. The highest BCUT2D eigenvalue weighted by Gasteiger charge is 2.17. The summed E-state index contributed by atoms with van der Waals surface area (Å²) in [5.41, 5.74) is 8.26. The second-order valence-corrected chi connectivity index (χ2v) is 6.11. The third-order valence-electron chi connectivity index (χ3n) is 3.02. The van der Waals surface area contributed by atoms with Gasteiger partial charge in [0.05, 0.1) is 5.56 Å². The van der Waals surface area contributed by atoms with Crippen molar-refractivity contribution in [1.29, 1.82) is 0 Å². The predicted molar refractivity (Wildman–Crippen MR) is 90.5 cm³/mol. The van der Waals surface area contributed by atoms with E-state index in [0.29, 0.717) is 23.8 Å². The molecule has 1 aromatic rings. The number of hydrogen-bond donors (Lipinski definition) is 3. The summed E-state index contributed by atoms with van der Waals surface area (Å²) in [6.07, 6.45) is 0. The minimum absolute atomic E-state index is 0.0708. The van der Waals surface area contributed by atoms with Gasteiger partial charge >= 0.3 is 0 Å². The average molecular weight is 308 g/mol. The fourth-order valence-electron chi connectivity index (χ4n) is 1.98. The Bertz CT molecular complexity index is 543. The maximum absolute atomic E-state index is 12.0. The van der Waals surface area contributed by atoms with Gasteiger partial charge in [-0.15, -0.1) is 0 Å². The Labute approximate surface area is 131 Å². The molecule has 1 unspecified atom stereocenters. The number of amides is 1. The number of nitrogens with two attached hydrogens (primary N) is 1. The fraction of sp³-hybridized carbons (Fsp3) is 0.533. The first-order chi connectivity index (χ1) is 9.72. The standard InChI is InChI=1S/C15H24N4OS/c1-8(2)7-17-15(20)11(5)19-14-12(13(16)21)9(3)6-10(4)18-14/h6,8,11H,7H2,1-5H3,(H2,16,21)(H,17,20)(H,18,19). The minimum Gasteiger partial charge on any atom is -0.389 e. The quantitative estimate of drug-likeness (QED) is 0.700. The first kappa shape index (κ1) is 17.4. The second kappa shape index (κ2) is 7.36. The molecule has 116 valence electrons. The molecule has 0 aromatic carbocycles. The van der Waals surface area contributed by atoms with Gasteiger partial charge in [-0.25, -0.2) is 4.98 Å². The van der Waals surface area contributed by atoms with E-state index < -0.39 is 6.04 Å². The zero-order valence-electron chi connectivity index (χ0n) is 13.3. The predicted octanol–water partition coefficient (Wildman–Crippen LogP) is 1.91. The zero-order valence-corrected chi connectivity index (χ0v) is 14.1. The summed E-state index contributed by atoms with van der Waals surface area (Å²) in [6, 6.07) is 1.51. The van der Waals surface area contributed by atoms with E-state index in [-0.39, 0.29) is 10.9 Å². The monoisotopic (exact) mass is 308 g/mol. The second-order valence-electron chi connectivity index (χ2n) is 5.67. The highest BCUT2D eigenvalue weighted by molar-refractivity contribution is 7.80. The third kappa shape index (κ3) is 4.97. The number of anilines is 1. The average Bonchev–Trinajstić information content (AvgIpc) is 2.34. The van der Waals surface area contributed by atoms with Gasteiger partial charge in [0.15, 0.2) is 0 Å². The molecule has 0 bridgehead atoms. The molecular formula is C15H24N4OS. The number of thiocarbonyl (C=S) groups is 1. The summed E-state index contributed by atoms with van der Waals surface area (Å²) in [5.74, 6) is 0.901. The number of pyridine rings is 1. The highest BCUT2D eigenvalue weighted by atomic mass is 32.1. The molecule has 6 heteroatoms. The number of aromatic nitrogens is 1. The van der Waals surface area contributed by atoms with Crippen molar-refractivity contribution in [2.75, 3.05) is 11.9 Å². The van der Waals surface area contributed by atoms with Crippen molar-refractivity contribution < 1.29 is 4.79 Å². The lowest BCUT2D eigenvalue weighted by Gasteiger charge is -2.19. The lowest BCUT2D eigenvalue weighted by atomic mass is 10.1. The van der Waals surface area contributed by atoms with Crippen LogP contribution in [-0.4, -0.2) is 28.5 Å². The van der Waals surface area contributed by atoms with E-state index in [1.54, 1.807) is 6.92 Å². The number of carbonyl (C=O) groups excluding carboxylic acids is 1. The fourth-order valence-corrected chi connectivity index (χ4v) is 2.24. The van der Waals surface area contributed by atoms with E-state index in [4.69, 9.17) is 18.0 Å². The van der Waals surface area contributed by atoms with Crippen molar-refractivity contribution in [3.63, 3.8) is 0 Å². The molecular weight excluding hydrogens is 284 g/mol. The molecule has 0 fully saturated rings. The molecule has 5 nitrogen and oxygen atoms in total. The van der Waals surface area contributed by atoms with Crippen LogP contribution in [0.1, 0.15) is 37.6 Å². The van der Waals surface area contributed by atoms with Crippen LogP contribution in [0.2, 0.25) is 0 Å². The third-order valence-corrected chi connectivity index (χ3v) is 3.23. The number of nitrogens with zero attached hydrogens (tertiary/aromatic N) is 1. The Balaban J connectivity index is 2.91. The number of hydrogen-bond acceptors (Lipinski definition) is 4. The molecule has 0 radical (unpaired) electrons. The van der Waals surface area contributed by atoms with Crippen molar-refractivity contribution in [3.8, 4) is 0 Å². The Morgan fingerprint density at radius 1 is 1.38 bits per heavy atom. The SMILES string of the molecule is Cc1cc(C)c(C(N)=S)c(NC(C)C(=O)NCC(C)C)n1. The maximum Gasteiger partial charge on any atom is 0.242 e. The van der Waals surface area contributed by atoms with Crippen LogP contribution in [0.4, 0.5) is 5.82 Å². The van der Waals surface area contributed by atoms with Crippen LogP contribution >= 0.6 is 12.2 Å². The number of carbonyl (C=O) groups is 1. The van der Waals surface area contributed by atoms with Gasteiger partial charge in [0.2, 0.25) is 5.91 Å². The van der Waals surface area contributed by atoms with E-state index in [9.17, 15) is 4.79 Å². The van der Waals surface area contributed by atoms with Gasteiger partial charge in [0.25, 0.3) is 0 Å². The lowest BCUT2D eigenvalue weighted by Crippen LogP contribution is -2.39. The summed E-state index contributed by atoms with van der Waals surface area (Å²) in [6.45, 7) is 10.4. The normalized spacial score (nSPS) is 12.1. The van der Waals surface area contributed by atoms with Crippen LogP contribution in [0.5, 0.6) is 0 Å². The van der Waals surface area contributed by atoms with Gasteiger partial charge in [-0.05, 0) is 38.3 Å². The van der Waals surface area contributed by atoms with Gasteiger partial charge in [-0.2, -0.15) is 0 Å². The van der Waals surface area contributed by atoms with Crippen molar-refractivity contribution in [2.45, 2.75) is 40.7 Å². The molecule has 0 saturated carbocycles. The zero-order chi connectivity index (χ0) is 16.2. The van der Waals surface area contributed by atoms with Crippen molar-refractivity contribution in [1.82, 2.24) is 10.3 Å². The smallest absolute Gasteiger partial charge is 0.242 e. The van der Waals surface area contributed by atoms with E-state index in [2.05, 4.69) is 29.5 Å². The Morgan fingerprint density at radius 3 is 2.52 bits per heavy atom. The van der Waals surface area contributed by atoms with Crippen LogP contribution in [0.3, 0.4) is 0 Å². The number of rotatable bonds is 6. The van der Waals surface area contributed by atoms with Gasteiger partial charge in [0, 0.05) is 12.2 Å². The van der Waals surface area contributed by atoms with Crippen LogP contribution in [-0.2, 0) is 4.79 Å². The van der Waals surface area contributed by atoms with Gasteiger partial charge < -0.3 is 16.4 Å². The molecule has 0 spiro atoms. The Hall–Kier alpha value is -1.69. The molecule has 0 aliphatic heterocycles. The Kier molecular flexibility index (Phi) is 6.08.